The molecule has 0 heterocycles. The third-order valence-corrected chi connectivity index (χ3v) is 4.28. The fraction of sp³-hybridized carbons (Fsp3) is 0. The maximum Gasteiger partial charge on any atom is 0.238 e. The van der Waals surface area contributed by atoms with E-state index < -0.39 is 20.0 Å². The molecule has 0 aliphatic carbocycles. The van der Waals surface area contributed by atoms with Crippen molar-refractivity contribution >= 4 is 30.8 Å². The van der Waals surface area contributed by atoms with Crippen LogP contribution in [0.2, 0.25) is 0 Å². The number of hydrogen-bond donors (Lipinski definition) is 2. The molecule has 0 unspecified atom stereocenters. The highest BCUT2D eigenvalue weighted by Crippen LogP contribution is 2.25. The number of rotatable bonds is 2. The Morgan fingerprint density at radius 3 is 2.00 bits per heavy atom. The zero-order valence-electron chi connectivity index (χ0n) is 9.07. The van der Waals surface area contributed by atoms with E-state index in [1.807, 2.05) is 0 Å². The predicted octanol–water partition coefficient (Wildman–Crippen LogP) is 0.135. The molecule has 2 aromatic rings. The van der Waals surface area contributed by atoms with Gasteiger partial charge < -0.3 is 0 Å². The monoisotopic (exact) mass is 286 g/mol. The van der Waals surface area contributed by atoms with E-state index in [0.29, 0.717) is 10.8 Å². The molecule has 2 rings (SSSR count). The summed E-state index contributed by atoms with van der Waals surface area (Å²) < 4.78 is 45.5. The highest BCUT2D eigenvalue weighted by Gasteiger charge is 2.18. The zero-order valence-corrected chi connectivity index (χ0v) is 10.7. The Morgan fingerprint density at radius 2 is 1.44 bits per heavy atom. The molecule has 2 aromatic carbocycles. The number of sulfonamides is 2. The molecule has 4 N–H and O–H groups in total. The number of primary sulfonamides is 2. The summed E-state index contributed by atoms with van der Waals surface area (Å²) >= 11 is 0. The molecule has 0 amide bonds. The first-order valence-electron chi connectivity index (χ1n) is 4.78. The first-order valence-corrected chi connectivity index (χ1v) is 7.87. The van der Waals surface area contributed by atoms with E-state index >= 15 is 0 Å². The van der Waals surface area contributed by atoms with Crippen LogP contribution in [-0.4, -0.2) is 16.8 Å². The van der Waals surface area contributed by atoms with Crippen LogP contribution in [0.25, 0.3) is 10.8 Å². The van der Waals surface area contributed by atoms with Gasteiger partial charge in [-0.15, -0.1) is 0 Å². The fourth-order valence-electron chi connectivity index (χ4n) is 1.65. The lowest BCUT2D eigenvalue weighted by Crippen LogP contribution is -2.16. The van der Waals surface area contributed by atoms with Crippen molar-refractivity contribution in [3.63, 3.8) is 0 Å². The summed E-state index contributed by atoms with van der Waals surface area (Å²) in [6.45, 7) is 0. The lowest BCUT2D eigenvalue weighted by atomic mass is 10.1. The van der Waals surface area contributed by atoms with Crippen molar-refractivity contribution in [3.8, 4) is 0 Å². The van der Waals surface area contributed by atoms with Gasteiger partial charge in [0.1, 0.15) is 0 Å². The van der Waals surface area contributed by atoms with Gasteiger partial charge in [0, 0.05) is 5.39 Å². The number of fused-ring (bicyclic) bond motifs is 1. The third kappa shape index (κ3) is 2.36. The summed E-state index contributed by atoms with van der Waals surface area (Å²) in [5.74, 6) is 0. The summed E-state index contributed by atoms with van der Waals surface area (Å²) in [5, 5.41) is 10.9. The minimum Gasteiger partial charge on any atom is -0.225 e. The van der Waals surface area contributed by atoms with Crippen LogP contribution in [0.1, 0.15) is 0 Å². The van der Waals surface area contributed by atoms with Gasteiger partial charge in [0.15, 0.2) is 0 Å². The van der Waals surface area contributed by atoms with E-state index in [4.69, 9.17) is 10.3 Å². The molecule has 0 saturated carbocycles. The van der Waals surface area contributed by atoms with Gasteiger partial charge in [-0.2, -0.15) is 0 Å². The van der Waals surface area contributed by atoms with E-state index in [-0.39, 0.29) is 9.79 Å². The Kier molecular flexibility index (Phi) is 2.90. The van der Waals surface area contributed by atoms with Gasteiger partial charge in [-0.1, -0.05) is 24.3 Å². The van der Waals surface area contributed by atoms with Crippen LogP contribution < -0.4 is 10.3 Å². The van der Waals surface area contributed by atoms with Gasteiger partial charge in [0.05, 0.1) is 9.79 Å². The fourth-order valence-corrected chi connectivity index (χ4v) is 3.08. The van der Waals surface area contributed by atoms with E-state index in [0.717, 1.165) is 6.07 Å². The molecular formula is C10H10N2O4S2. The predicted molar refractivity (Wildman–Crippen MR) is 66.7 cm³/mol. The van der Waals surface area contributed by atoms with Crippen LogP contribution >= 0.6 is 0 Å². The average Bonchev–Trinajstić information content (AvgIpc) is 2.25. The standard InChI is InChI=1S/C10H10N2O4S2/c11-17(13,14)8-5-7-3-1-2-4-9(7)10(6-8)18(12,15)16/h1-6H,(H2,11,13,14)(H2,12,15,16). The van der Waals surface area contributed by atoms with E-state index in [1.165, 1.54) is 6.07 Å². The van der Waals surface area contributed by atoms with E-state index in [9.17, 15) is 16.8 Å². The lowest BCUT2D eigenvalue weighted by molar-refractivity contribution is 0.597. The molecule has 0 atom stereocenters. The normalized spacial score (nSPS) is 12.8. The highest BCUT2D eigenvalue weighted by atomic mass is 32.2. The molecule has 0 spiro atoms. The first-order chi connectivity index (χ1) is 8.19. The van der Waals surface area contributed by atoms with Crippen LogP contribution in [0, 0.1) is 0 Å². The Bertz CT molecular complexity index is 826. The Balaban J connectivity index is 3.00. The second-order valence-electron chi connectivity index (χ2n) is 3.73. The molecule has 0 aliphatic rings. The summed E-state index contributed by atoms with van der Waals surface area (Å²) in [4.78, 5) is -0.546. The van der Waals surface area contributed by atoms with Gasteiger partial charge in [0.25, 0.3) is 0 Å². The molecule has 6 nitrogen and oxygen atoms in total. The molecule has 0 aliphatic heterocycles. The molecule has 18 heavy (non-hydrogen) atoms. The third-order valence-electron chi connectivity index (χ3n) is 2.43. The Morgan fingerprint density at radius 1 is 0.833 bits per heavy atom. The van der Waals surface area contributed by atoms with Gasteiger partial charge in [-0.3, -0.25) is 0 Å². The minimum absolute atomic E-state index is 0.260. The summed E-state index contributed by atoms with van der Waals surface area (Å²) in [5.41, 5.74) is 0. The SMILES string of the molecule is NS(=O)(=O)c1cc(S(N)(=O)=O)c2ccccc2c1. The van der Waals surface area contributed by atoms with Gasteiger partial charge in [-0.05, 0) is 17.5 Å². The van der Waals surface area contributed by atoms with Crippen LogP contribution in [-0.2, 0) is 20.0 Å². The van der Waals surface area contributed by atoms with Crippen molar-refractivity contribution in [3.05, 3.63) is 36.4 Å². The van der Waals surface area contributed by atoms with Crippen LogP contribution in [0.3, 0.4) is 0 Å². The summed E-state index contributed by atoms with van der Waals surface area (Å²) in [7, 11) is -8.03. The van der Waals surface area contributed by atoms with E-state index in [2.05, 4.69) is 0 Å². The zero-order chi connectivity index (χ0) is 13.6. The molecule has 0 radical (unpaired) electrons. The van der Waals surface area contributed by atoms with Crippen molar-refractivity contribution in [2.45, 2.75) is 9.79 Å². The molecular weight excluding hydrogens is 276 g/mol. The molecule has 0 aromatic heterocycles. The first kappa shape index (κ1) is 13.0. The minimum atomic E-state index is -4.03. The Labute approximate surface area is 104 Å². The maximum atomic E-state index is 11.5. The summed E-state index contributed by atoms with van der Waals surface area (Å²) in [6.07, 6.45) is 0. The Hall–Kier alpha value is -1.48. The van der Waals surface area contributed by atoms with Crippen molar-refractivity contribution < 1.29 is 16.8 Å². The number of benzene rings is 2. The van der Waals surface area contributed by atoms with E-state index in [1.54, 1.807) is 24.3 Å². The quantitative estimate of drug-likeness (QED) is 0.815. The lowest BCUT2D eigenvalue weighted by Gasteiger charge is -2.07. The molecule has 0 fully saturated rings. The molecule has 0 saturated heterocycles. The maximum absolute atomic E-state index is 11.5. The van der Waals surface area contributed by atoms with Gasteiger partial charge >= 0.3 is 0 Å². The topological polar surface area (TPSA) is 120 Å². The number of nitrogens with two attached hydrogens (primary N) is 2. The average molecular weight is 286 g/mol. The highest BCUT2D eigenvalue weighted by molar-refractivity contribution is 7.90. The van der Waals surface area contributed by atoms with Crippen molar-refractivity contribution in [2.75, 3.05) is 0 Å². The van der Waals surface area contributed by atoms with Crippen LogP contribution in [0.5, 0.6) is 0 Å². The largest absolute Gasteiger partial charge is 0.238 e. The van der Waals surface area contributed by atoms with Crippen LogP contribution in [0.15, 0.2) is 46.2 Å². The van der Waals surface area contributed by atoms with Crippen molar-refractivity contribution in [1.82, 2.24) is 0 Å². The van der Waals surface area contributed by atoms with Crippen LogP contribution in [0.4, 0.5) is 0 Å². The second-order valence-corrected chi connectivity index (χ2v) is 6.82. The second kappa shape index (κ2) is 4.02. The number of hydrogen-bond acceptors (Lipinski definition) is 4. The molecule has 0 bridgehead atoms. The van der Waals surface area contributed by atoms with Gasteiger partial charge in [0.2, 0.25) is 20.0 Å². The van der Waals surface area contributed by atoms with Crippen molar-refractivity contribution in [1.29, 1.82) is 0 Å². The van der Waals surface area contributed by atoms with Crippen molar-refractivity contribution in [2.24, 2.45) is 10.3 Å². The van der Waals surface area contributed by atoms with Gasteiger partial charge in [-0.25, -0.2) is 27.1 Å². The summed E-state index contributed by atoms with van der Waals surface area (Å²) in [6, 6.07) is 8.68. The molecule has 96 valence electrons. The molecule has 8 heteroatoms. The smallest absolute Gasteiger partial charge is 0.225 e.